The molecule has 0 aliphatic carbocycles. The summed E-state index contributed by atoms with van der Waals surface area (Å²) in [7, 11) is 0. The average Bonchev–Trinajstić information content (AvgIpc) is 2.78. The Morgan fingerprint density at radius 3 is 2.53 bits per heavy atom. The van der Waals surface area contributed by atoms with Crippen LogP contribution in [0.3, 0.4) is 0 Å². The molecule has 3 aromatic carbocycles. The van der Waals surface area contributed by atoms with E-state index in [0.29, 0.717) is 34.7 Å². The van der Waals surface area contributed by atoms with E-state index in [1.807, 2.05) is 6.07 Å². The normalized spacial score (nSPS) is 13.7. The van der Waals surface area contributed by atoms with Crippen LogP contribution in [0, 0.1) is 28.9 Å². The van der Waals surface area contributed by atoms with Crippen molar-refractivity contribution < 1.29 is 13.9 Å². The number of benzene rings is 3. The summed E-state index contributed by atoms with van der Waals surface area (Å²) in [5.41, 5.74) is 9.20. The van der Waals surface area contributed by atoms with Gasteiger partial charge in [-0.1, -0.05) is 17.7 Å². The number of aromatic nitrogens is 1. The molecule has 170 valence electrons. The first-order valence-corrected chi connectivity index (χ1v) is 11.0. The van der Waals surface area contributed by atoms with Gasteiger partial charge in [-0.15, -0.1) is 0 Å². The summed E-state index contributed by atoms with van der Waals surface area (Å²) in [6.07, 6.45) is 1.69. The van der Waals surface area contributed by atoms with E-state index in [0.717, 1.165) is 30.2 Å². The number of halogens is 3. The molecule has 5 rings (SSSR count). The summed E-state index contributed by atoms with van der Waals surface area (Å²) in [6, 6.07) is 13.6. The molecule has 0 bridgehead atoms. The zero-order chi connectivity index (χ0) is 24.0. The van der Waals surface area contributed by atoms with Crippen molar-refractivity contribution in [3.63, 3.8) is 0 Å². The highest BCUT2D eigenvalue weighted by atomic mass is 35.5. The average molecular weight is 477 g/mol. The maximum Gasteiger partial charge on any atom is 0.141 e. The number of rotatable bonds is 4. The first-order valence-electron chi connectivity index (χ1n) is 10.6. The van der Waals surface area contributed by atoms with Crippen LogP contribution in [0.25, 0.3) is 33.2 Å². The van der Waals surface area contributed by atoms with Crippen molar-refractivity contribution in [2.75, 3.05) is 24.5 Å². The smallest absolute Gasteiger partial charge is 0.141 e. The Bertz CT molecular complexity index is 1460. The summed E-state index contributed by atoms with van der Waals surface area (Å²) in [5, 5.41) is 20.8. The van der Waals surface area contributed by atoms with E-state index in [1.165, 1.54) is 18.2 Å². The molecular weight excluding hydrogens is 458 g/mol. The molecule has 1 saturated heterocycles. The molecule has 0 unspecified atom stereocenters. The van der Waals surface area contributed by atoms with Crippen LogP contribution >= 0.6 is 11.6 Å². The number of aromatic hydroxyl groups is 1. The molecule has 8 heteroatoms. The van der Waals surface area contributed by atoms with Gasteiger partial charge in [0.1, 0.15) is 23.5 Å². The summed E-state index contributed by atoms with van der Waals surface area (Å²) >= 11 is 6.13. The fourth-order valence-corrected chi connectivity index (χ4v) is 4.64. The Labute approximate surface area is 199 Å². The molecule has 1 fully saturated rings. The van der Waals surface area contributed by atoms with Crippen LogP contribution in [0.15, 0.2) is 54.7 Å². The van der Waals surface area contributed by atoms with Gasteiger partial charge in [0.25, 0.3) is 0 Å². The van der Waals surface area contributed by atoms with Gasteiger partial charge in [-0.2, -0.15) is 5.26 Å². The zero-order valence-corrected chi connectivity index (χ0v) is 18.7. The van der Waals surface area contributed by atoms with Crippen LogP contribution in [0.5, 0.6) is 5.75 Å². The van der Waals surface area contributed by atoms with Crippen LogP contribution in [0.1, 0.15) is 5.56 Å². The molecule has 1 aromatic heterocycles. The largest absolute Gasteiger partial charge is 0.506 e. The second kappa shape index (κ2) is 8.56. The third kappa shape index (κ3) is 3.81. The van der Waals surface area contributed by atoms with Gasteiger partial charge in [0.05, 0.1) is 16.8 Å². The number of hydrogen-bond donors (Lipinski definition) is 2. The molecule has 3 N–H and O–H groups in total. The molecule has 1 aliphatic rings. The third-order valence-electron chi connectivity index (χ3n) is 6.13. The Morgan fingerprint density at radius 1 is 1.06 bits per heavy atom. The molecule has 5 nitrogen and oxygen atoms in total. The molecular formula is C26H19ClF2N4O. The standard InChI is InChI=1S/C26H19ClF2N4O/c27-18-3-16(4-19(28)7-18)23-11-32-24-2-1-15(21-8-20(29)5-17(10-31)26(21)34)6-22(24)25(23)33-12-14(9-30)13-33/h1-8,11,14,34H,9,12-13,30H2. The predicted molar refractivity (Wildman–Crippen MR) is 129 cm³/mol. The number of phenols is 1. The van der Waals surface area contributed by atoms with E-state index in [4.69, 9.17) is 17.3 Å². The van der Waals surface area contributed by atoms with Crippen LogP contribution in [-0.2, 0) is 0 Å². The second-order valence-electron chi connectivity index (χ2n) is 8.38. The predicted octanol–water partition coefficient (Wildman–Crippen LogP) is 5.47. The second-order valence-corrected chi connectivity index (χ2v) is 8.81. The Hall–Kier alpha value is -3.73. The number of nitrogens with zero attached hydrogens (tertiary/aromatic N) is 3. The Balaban J connectivity index is 1.76. The lowest BCUT2D eigenvalue weighted by Crippen LogP contribution is -2.50. The van der Waals surface area contributed by atoms with Gasteiger partial charge < -0.3 is 15.7 Å². The maximum atomic E-state index is 14.2. The van der Waals surface area contributed by atoms with Crippen LogP contribution in [-0.4, -0.2) is 29.7 Å². The minimum absolute atomic E-state index is 0.148. The first-order chi connectivity index (χ1) is 16.4. The molecule has 0 saturated carbocycles. The summed E-state index contributed by atoms with van der Waals surface area (Å²) in [6.45, 7) is 2.00. The van der Waals surface area contributed by atoms with Crippen LogP contribution in [0.4, 0.5) is 14.5 Å². The molecule has 1 aliphatic heterocycles. The first kappa shape index (κ1) is 22.1. The Morgan fingerprint density at radius 2 is 1.82 bits per heavy atom. The Kier molecular flexibility index (Phi) is 5.56. The molecule has 0 atom stereocenters. The van der Waals surface area contributed by atoms with Crippen LogP contribution in [0.2, 0.25) is 5.02 Å². The summed E-state index contributed by atoms with van der Waals surface area (Å²) < 4.78 is 28.4. The van der Waals surface area contributed by atoms with Crippen molar-refractivity contribution in [1.82, 2.24) is 4.98 Å². The number of nitriles is 1. The van der Waals surface area contributed by atoms with Crippen molar-refractivity contribution in [2.24, 2.45) is 11.7 Å². The van der Waals surface area contributed by atoms with Gasteiger partial charge in [0, 0.05) is 46.7 Å². The fourth-order valence-electron chi connectivity index (χ4n) is 4.41. The lowest BCUT2D eigenvalue weighted by atomic mass is 9.93. The van der Waals surface area contributed by atoms with E-state index in [-0.39, 0.29) is 21.9 Å². The van der Waals surface area contributed by atoms with E-state index >= 15 is 0 Å². The van der Waals surface area contributed by atoms with Crippen molar-refractivity contribution in [2.45, 2.75) is 0 Å². The van der Waals surface area contributed by atoms with Gasteiger partial charge in [-0.25, -0.2) is 8.78 Å². The summed E-state index contributed by atoms with van der Waals surface area (Å²) in [5.74, 6) is -1.04. The quantitative estimate of drug-likeness (QED) is 0.407. The minimum Gasteiger partial charge on any atom is -0.506 e. The molecule has 0 amide bonds. The minimum atomic E-state index is -0.625. The number of hydrogen-bond acceptors (Lipinski definition) is 5. The monoisotopic (exact) mass is 476 g/mol. The van der Waals surface area contributed by atoms with Crippen molar-refractivity contribution in [3.8, 4) is 34.1 Å². The molecule has 4 aromatic rings. The molecule has 0 spiro atoms. The highest BCUT2D eigenvalue weighted by Crippen LogP contribution is 2.42. The van der Waals surface area contributed by atoms with Crippen molar-refractivity contribution >= 4 is 28.2 Å². The fraction of sp³-hybridized carbons (Fsp3) is 0.154. The van der Waals surface area contributed by atoms with E-state index in [1.54, 1.807) is 30.5 Å². The van der Waals surface area contributed by atoms with Crippen LogP contribution < -0.4 is 10.6 Å². The topological polar surface area (TPSA) is 86.2 Å². The van der Waals surface area contributed by atoms with Gasteiger partial charge in [0.2, 0.25) is 0 Å². The van der Waals surface area contributed by atoms with E-state index < -0.39 is 11.6 Å². The van der Waals surface area contributed by atoms with Gasteiger partial charge in [-0.3, -0.25) is 4.98 Å². The number of phenolic OH excluding ortho intramolecular Hbond substituents is 1. The van der Waals surface area contributed by atoms with E-state index in [9.17, 15) is 19.1 Å². The summed E-state index contributed by atoms with van der Waals surface area (Å²) in [4.78, 5) is 6.70. The van der Waals surface area contributed by atoms with Crippen molar-refractivity contribution in [1.29, 1.82) is 5.26 Å². The van der Waals surface area contributed by atoms with E-state index in [2.05, 4.69) is 9.88 Å². The van der Waals surface area contributed by atoms with Gasteiger partial charge >= 0.3 is 0 Å². The maximum absolute atomic E-state index is 14.2. The number of pyridine rings is 1. The number of nitrogens with two attached hydrogens (primary N) is 1. The lowest BCUT2D eigenvalue weighted by Gasteiger charge is -2.42. The molecule has 2 heterocycles. The SMILES string of the molecule is N#Cc1cc(F)cc(-c2ccc3ncc(-c4cc(F)cc(Cl)c4)c(N4CC(CN)C4)c3c2)c1O. The molecule has 34 heavy (non-hydrogen) atoms. The van der Waals surface area contributed by atoms with Crippen molar-refractivity contribution in [3.05, 3.63) is 76.9 Å². The highest BCUT2D eigenvalue weighted by molar-refractivity contribution is 6.31. The number of fused-ring (bicyclic) bond motifs is 1. The van der Waals surface area contributed by atoms with Gasteiger partial charge in [-0.05, 0) is 60.1 Å². The number of anilines is 1. The third-order valence-corrected chi connectivity index (χ3v) is 6.34. The highest BCUT2D eigenvalue weighted by Gasteiger charge is 2.29. The van der Waals surface area contributed by atoms with Gasteiger partial charge in [0.15, 0.2) is 0 Å². The molecule has 0 radical (unpaired) electrons. The zero-order valence-electron chi connectivity index (χ0n) is 17.9. The lowest BCUT2D eigenvalue weighted by molar-refractivity contribution is 0.421.